The second kappa shape index (κ2) is 4.79. The minimum Gasteiger partial charge on any atom is -0.481 e. The first-order valence-electron chi connectivity index (χ1n) is 5.92. The van der Waals surface area contributed by atoms with Crippen molar-refractivity contribution in [1.29, 1.82) is 0 Å². The molecule has 0 aliphatic carbocycles. The van der Waals surface area contributed by atoms with Crippen molar-refractivity contribution in [2.45, 2.75) is 33.2 Å². The topological polar surface area (TPSA) is 98.7 Å². The summed E-state index contributed by atoms with van der Waals surface area (Å²) in [6.07, 6.45) is -0.0314. The fourth-order valence-electron chi connectivity index (χ4n) is 2.09. The molecule has 2 aromatic heterocycles. The van der Waals surface area contributed by atoms with Gasteiger partial charge in [-0.2, -0.15) is 5.10 Å². The SMILES string of the molecule is Cc1nn(C)c(C)c1-c1nnnn1C(C)CC(=O)O. The summed E-state index contributed by atoms with van der Waals surface area (Å²) in [7, 11) is 1.85. The molecule has 2 aromatic rings. The Kier molecular flexibility index (Phi) is 3.32. The molecule has 0 aliphatic rings. The standard InChI is InChI=1S/C11H16N6O2/c1-6(5-9(18)19)17-11(12-14-15-17)10-7(2)13-16(4)8(10)3/h6H,5H2,1-4H3,(H,18,19). The van der Waals surface area contributed by atoms with Crippen molar-refractivity contribution < 1.29 is 9.90 Å². The van der Waals surface area contributed by atoms with Crippen LogP contribution in [0.5, 0.6) is 0 Å². The average molecular weight is 264 g/mol. The number of hydrogen-bond acceptors (Lipinski definition) is 5. The van der Waals surface area contributed by atoms with Gasteiger partial charge in [-0.25, -0.2) is 4.68 Å². The predicted molar refractivity (Wildman–Crippen MR) is 66.5 cm³/mol. The molecule has 19 heavy (non-hydrogen) atoms. The lowest BCUT2D eigenvalue weighted by molar-refractivity contribution is -0.137. The highest BCUT2D eigenvalue weighted by atomic mass is 16.4. The van der Waals surface area contributed by atoms with E-state index >= 15 is 0 Å². The highest BCUT2D eigenvalue weighted by molar-refractivity contribution is 5.67. The molecule has 1 atom stereocenters. The maximum Gasteiger partial charge on any atom is 0.305 e. The molecule has 0 saturated carbocycles. The number of hydrogen-bond donors (Lipinski definition) is 1. The van der Waals surface area contributed by atoms with E-state index in [9.17, 15) is 4.79 Å². The normalized spacial score (nSPS) is 12.6. The summed E-state index contributed by atoms with van der Waals surface area (Å²) in [6.45, 7) is 5.58. The number of aryl methyl sites for hydroxylation is 2. The van der Waals surface area contributed by atoms with Crippen molar-refractivity contribution in [3.63, 3.8) is 0 Å². The Morgan fingerprint density at radius 2 is 2.11 bits per heavy atom. The minimum atomic E-state index is -0.881. The van der Waals surface area contributed by atoms with Gasteiger partial charge in [0, 0.05) is 12.7 Å². The molecule has 8 heteroatoms. The lowest BCUT2D eigenvalue weighted by Gasteiger charge is -2.11. The number of carbonyl (C=O) groups is 1. The average Bonchev–Trinajstić information content (AvgIpc) is 2.84. The fraction of sp³-hybridized carbons (Fsp3) is 0.545. The third-order valence-corrected chi connectivity index (χ3v) is 3.11. The van der Waals surface area contributed by atoms with E-state index in [0.29, 0.717) is 5.82 Å². The summed E-state index contributed by atoms with van der Waals surface area (Å²) in [5.74, 6) is -0.328. The lowest BCUT2D eigenvalue weighted by atomic mass is 10.1. The minimum absolute atomic E-state index is 0.0314. The van der Waals surface area contributed by atoms with Crippen LogP contribution in [0.2, 0.25) is 0 Å². The summed E-state index contributed by atoms with van der Waals surface area (Å²) in [5, 5.41) is 24.7. The van der Waals surface area contributed by atoms with Crippen LogP contribution in [0.1, 0.15) is 30.8 Å². The van der Waals surface area contributed by atoms with Crippen LogP contribution < -0.4 is 0 Å². The summed E-state index contributed by atoms with van der Waals surface area (Å²) < 4.78 is 3.29. The molecule has 0 amide bonds. The lowest BCUT2D eigenvalue weighted by Crippen LogP contribution is -2.13. The Morgan fingerprint density at radius 1 is 1.42 bits per heavy atom. The number of tetrazole rings is 1. The maximum atomic E-state index is 10.8. The second-order valence-corrected chi connectivity index (χ2v) is 4.56. The van der Waals surface area contributed by atoms with Crippen LogP contribution in [0.4, 0.5) is 0 Å². The van der Waals surface area contributed by atoms with Crippen molar-refractivity contribution in [3.8, 4) is 11.4 Å². The number of carboxylic acid groups (broad SMARTS) is 1. The number of rotatable bonds is 4. The highest BCUT2D eigenvalue weighted by Gasteiger charge is 2.22. The van der Waals surface area contributed by atoms with Gasteiger partial charge in [0.2, 0.25) is 0 Å². The van der Waals surface area contributed by atoms with Crippen molar-refractivity contribution in [2.24, 2.45) is 7.05 Å². The van der Waals surface area contributed by atoms with Gasteiger partial charge in [-0.3, -0.25) is 9.48 Å². The molecule has 1 N–H and O–H groups in total. The molecular weight excluding hydrogens is 248 g/mol. The van der Waals surface area contributed by atoms with E-state index in [1.807, 2.05) is 20.9 Å². The van der Waals surface area contributed by atoms with Crippen LogP contribution >= 0.6 is 0 Å². The Balaban J connectivity index is 2.47. The molecule has 0 bridgehead atoms. The molecular formula is C11H16N6O2. The van der Waals surface area contributed by atoms with Crippen LogP contribution in [-0.4, -0.2) is 41.1 Å². The number of carboxylic acids is 1. The quantitative estimate of drug-likeness (QED) is 0.873. The van der Waals surface area contributed by atoms with Crippen molar-refractivity contribution >= 4 is 5.97 Å². The second-order valence-electron chi connectivity index (χ2n) is 4.56. The van der Waals surface area contributed by atoms with Gasteiger partial charge in [0.05, 0.1) is 23.7 Å². The molecule has 0 aliphatic heterocycles. The van der Waals surface area contributed by atoms with E-state index < -0.39 is 5.97 Å². The van der Waals surface area contributed by atoms with E-state index in [1.165, 1.54) is 4.68 Å². The van der Waals surface area contributed by atoms with Gasteiger partial charge >= 0.3 is 5.97 Å². The van der Waals surface area contributed by atoms with Gasteiger partial charge in [-0.1, -0.05) is 0 Å². The Labute approximate surface area is 110 Å². The Hall–Kier alpha value is -2.25. The molecule has 0 spiro atoms. The first kappa shape index (κ1) is 13.2. The van der Waals surface area contributed by atoms with E-state index in [4.69, 9.17) is 5.11 Å². The van der Waals surface area contributed by atoms with Gasteiger partial charge in [0.15, 0.2) is 5.82 Å². The summed E-state index contributed by atoms with van der Waals surface area (Å²) in [5.41, 5.74) is 2.61. The molecule has 102 valence electrons. The maximum absolute atomic E-state index is 10.8. The van der Waals surface area contributed by atoms with Gasteiger partial charge in [0.1, 0.15) is 0 Å². The first-order chi connectivity index (χ1) is 8.91. The predicted octanol–water partition coefficient (Wildman–Crippen LogP) is 0.726. The molecule has 8 nitrogen and oxygen atoms in total. The number of aromatic nitrogens is 6. The van der Waals surface area contributed by atoms with Crippen LogP contribution in [0, 0.1) is 13.8 Å². The zero-order chi connectivity index (χ0) is 14.2. The van der Waals surface area contributed by atoms with Crippen molar-refractivity contribution in [1.82, 2.24) is 30.0 Å². The zero-order valence-electron chi connectivity index (χ0n) is 11.3. The molecule has 2 heterocycles. The zero-order valence-corrected chi connectivity index (χ0v) is 11.3. The molecule has 1 unspecified atom stereocenters. The molecule has 0 aromatic carbocycles. The fourth-order valence-corrected chi connectivity index (χ4v) is 2.09. The van der Waals surface area contributed by atoms with Gasteiger partial charge in [-0.05, 0) is 31.2 Å². The smallest absolute Gasteiger partial charge is 0.305 e. The van der Waals surface area contributed by atoms with E-state index in [0.717, 1.165) is 17.0 Å². The largest absolute Gasteiger partial charge is 0.481 e. The van der Waals surface area contributed by atoms with Crippen LogP contribution in [0.15, 0.2) is 0 Å². The van der Waals surface area contributed by atoms with Crippen molar-refractivity contribution in [2.75, 3.05) is 0 Å². The van der Waals surface area contributed by atoms with Crippen molar-refractivity contribution in [3.05, 3.63) is 11.4 Å². The Bertz CT molecular complexity index is 615. The summed E-state index contributed by atoms with van der Waals surface area (Å²) >= 11 is 0. The third kappa shape index (κ3) is 2.33. The van der Waals surface area contributed by atoms with Crippen LogP contribution in [-0.2, 0) is 11.8 Å². The molecule has 0 fully saturated rings. The van der Waals surface area contributed by atoms with E-state index in [1.54, 1.807) is 11.6 Å². The van der Waals surface area contributed by atoms with Gasteiger partial charge in [0.25, 0.3) is 0 Å². The highest BCUT2D eigenvalue weighted by Crippen LogP contribution is 2.26. The summed E-state index contributed by atoms with van der Waals surface area (Å²) in [6, 6.07) is -0.318. The van der Waals surface area contributed by atoms with Crippen LogP contribution in [0.3, 0.4) is 0 Å². The number of nitrogens with zero attached hydrogens (tertiary/aromatic N) is 6. The van der Waals surface area contributed by atoms with Gasteiger partial charge in [-0.15, -0.1) is 5.10 Å². The molecule has 0 radical (unpaired) electrons. The summed E-state index contributed by atoms with van der Waals surface area (Å²) in [4.78, 5) is 10.8. The monoisotopic (exact) mass is 264 g/mol. The molecule has 2 rings (SSSR count). The van der Waals surface area contributed by atoms with Crippen LogP contribution in [0.25, 0.3) is 11.4 Å². The third-order valence-electron chi connectivity index (χ3n) is 3.11. The Morgan fingerprint density at radius 3 is 2.63 bits per heavy atom. The molecule has 0 saturated heterocycles. The first-order valence-corrected chi connectivity index (χ1v) is 5.92. The van der Waals surface area contributed by atoms with E-state index in [-0.39, 0.29) is 12.5 Å². The van der Waals surface area contributed by atoms with Gasteiger partial charge < -0.3 is 5.11 Å². The number of aliphatic carboxylic acids is 1. The van der Waals surface area contributed by atoms with E-state index in [2.05, 4.69) is 20.6 Å².